The van der Waals surface area contributed by atoms with E-state index in [2.05, 4.69) is 4.90 Å². The van der Waals surface area contributed by atoms with Crippen LogP contribution in [0.3, 0.4) is 0 Å². The fourth-order valence-electron chi connectivity index (χ4n) is 3.51. The number of morpholine rings is 1. The summed E-state index contributed by atoms with van der Waals surface area (Å²) >= 11 is 0. The number of amides is 1. The minimum atomic E-state index is -2.98. The second kappa shape index (κ2) is 6.09. The van der Waals surface area contributed by atoms with Crippen LogP contribution in [0.2, 0.25) is 0 Å². The van der Waals surface area contributed by atoms with Gasteiger partial charge in [-0.1, -0.05) is 0 Å². The summed E-state index contributed by atoms with van der Waals surface area (Å²) in [5.41, 5.74) is -0.276. The molecular weight excluding hydrogens is 304 g/mol. The second-order valence-corrected chi connectivity index (χ2v) is 9.53. The fourth-order valence-corrected chi connectivity index (χ4v) is 5.28. The molecule has 0 aliphatic carbocycles. The first-order valence-electron chi connectivity index (χ1n) is 7.90. The molecule has 3 atom stereocenters. The number of likely N-dealkylation sites (N-methyl/N-ethyl adjacent to an activating group) is 1. The molecular formula is C15H28N2O4S. The van der Waals surface area contributed by atoms with Gasteiger partial charge < -0.3 is 9.64 Å². The van der Waals surface area contributed by atoms with Crippen LogP contribution < -0.4 is 0 Å². The van der Waals surface area contributed by atoms with Crippen LogP contribution in [0.5, 0.6) is 0 Å². The molecule has 2 heterocycles. The molecule has 0 aromatic rings. The largest absolute Gasteiger partial charge is 0.370 e. The lowest BCUT2D eigenvalue weighted by Crippen LogP contribution is -2.58. The smallest absolute Gasteiger partial charge is 0.239 e. The summed E-state index contributed by atoms with van der Waals surface area (Å²) in [5, 5.41) is 0. The molecule has 128 valence electrons. The van der Waals surface area contributed by atoms with Gasteiger partial charge in [0.1, 0.15) is 0 Å². The lowest BCUT2D eigenvalue weighted by Gasteiger charge is -2.44. The first kappa shape index (κ1) is 17.7. The van der Waals surface area contributed by atoms with Gasteiger partial charge in [-0.2, -0.15) is 0 Å². The van der Waals surface area contributed by atoms with Crippen molar-refractivity contribution in [3.05, 3.63) is 0 Å². The number of hydrogen-bond acceptors (Lipinski definition) is 5. The van der Waals surface area contributed by atoms with Crippen molar-refractivity contribution in [1.29, 1.82) is 0 Å². The highest BCUT2D eigenvalue weighted by Crippen LogP contribution is 2.24. The standard InChI is InChI=1S/C15H28N2O4S/c1-11-8-17(10-15(3,4)21-11)12(2)14(18)16(5)13-6-7-22(19,20)9-13/h11-13H,6-10H2,1-5H3. The van der Waals surface area contributed by atoms with Crippen molar-refractivity contribution in [1.82, 2.24) is 9.80 Å². The lowest BCUT2D eigenvalue weighted by molar-refractivity contribution is -0.154. The van der Waals surface area contributed by atoms with Gasteiger partial charge in [0.15, 0.2) is 9.84 Å². The Bertz CT molecular complexity index is 532. The van der Waals surface area contributed by atoms with Gasteiger partial charge in [0.25, 0.3) is 0 Å². The highest BCUT2D eigenvalue weighted by molar-refractivity contribution is 7.91. The molecule has 0 aromatic heterocycles. The van der Waals surface area contributed by atoms with E-state index in [0.717, 1.165) is 0 Å². The highest BCUT2D eigenvalue weighted by Gasteiger charge is 2.39. The number of carbonyl (C=O) groups is 1. The van der Waals surface area contributed by atoms with Crippen LogP contribution in [-0.4, -0.2) is 79.6 Å². The van der Waals surface area contributed by atoms with Gasteiger partial charge in [-0.15, -0.1) is 0 Å². The van der Waals surface area contributed by atoms with Crippen molar-refractivity contribution >= 4 is 15.7 Å². The molecule has 22 heavy (non-hydrogen) atoms. The quantitative estimate of drug-likeness (QED) is 0.754. The van der Waals surface area contributed by atoms with Gasteiger partial charge in [-0.25, -0.2) is 8.42 Å². The Labute approximate surface area is 133 Å². The molecule has 2 fully saturated rings. The first-order valence-corrected chi connectivity index (χ1v) is 9.72. The molecule has 3 unspecified atom stereocenters. The monoisotopic (exact) mass is 332 g/mol. The fraction of sp³-hybridized carbons (Fsp3) is 0.933. The molecule has 2 rings (SSSR count). The third-order valence-electron chi connectivity index (χ3n) is 4.60. The Morgan fingerprint density at radius 2 is 2.05 bits per heavy atom. The predicted molar refractivity (Wildman–Crippen MR) is 85.5 cm³/mol. The molecule has 0 spiro atoms. The summed E-state index contributed by atoms with van der Waals surface area (Å²) in [6.07, 6.45) is 0.624. The molecule has 2 aliphatic heterocycles. The summed E-state index contributed by atoms with van der Waals surface area (Å²) in [6, 6.07) is -0.453. The molecule has 7 heteroatoms. The van der Waals surface area contributed by atoms with E-state index in [1.54, 1.807) is 11.9 Å². The molecule has 2 saturated heterocycles. The number of sulfone groups is 1. The van der Waals surface area contributed by atoms with Gasteiger partial charge >= 0.3 is 0 Å². The van der Waals surface area contributed by atoms with E-state index >= 15 is 0 Å². The summed E-state index contributed by atoms with van der Waals surface area (Å²) in [5.74, 6) is 0.269. The summed E-state index contributed by atoms with van der Waals surface area (Å²) in [7, 11) is -1.26. The van der Waals surface area contributed by atoms with Crippen LogP contribution in [0.1, 0.15) is 34.1 Å². The van der Waals surface area contributed by atoms with Gasteiger partial charge in [-0.05, 0) is 34.1 Å². The van der Waals surface area contributed by atoms with Crippen LogP contribution in [0.25, 0.3) is 0 Å². The maximum absolute atomic E-state index is 12.7. The lowest BCUT2D eigenvalue weighted by atomic mass is 10.0. The molecule has 0 bridgehead atoms. The number of carbonyl (C=O) groups excluding carboxylic acids is 1. The molecule has 0 radical (unpaired) electrons. The minimum absolute atomic E-state index is 0.00741. The van der Waals surface area contributed by atoms with Crippen molar-refractivity contribution in [3.63, 3.8) is 0 Å². The van der Waals surface area contributed by atoms with Crippen molar-refractivity contribution in [2.75, 3.05) is 31.6 Å². The molecule has 1 amide bonds. The zero-order valence-corrected chi connectivity index (χ0v) is 15.0. The molecule has 2 aliphatic rings. The summed E-state index contributed by atoms with van der Waals surface area (Å²) in [4.78, 5) is 16.5. The SMILES string of the molecule is CC1CN(C(C)C(=O)N(C)C2CCS(=O)(=O)C2)CC(C)(C)O1. The molecule has 6 nitrogen and oxygen atoms in total. The average Bonchev–Trinajstić information content (AvgIpc) is 2.74. The topological polar surface area (TPSA) is 66.9 Å². The Kier molecular flexibility index (Phi) is 4.90. The number of ether oxygens (including phenoxy) is 1. The number of rotatable bonds is 3. The Balaban J connectivity index is 2.02. The zero-order valence-electron chi connectivity index (χ0n) is 14.2. The third-order valence-corrected chi connectivity index (χ3v) is 6.35. The minimum Gasteiger partial charge on any atom is -0.370 e. The second-order valence-electron chi connectivity index (χ2n) is 7.30. The van der Waals surface area contributed by atoms with Gasteiger partial charge in [0, 0.05) is 26.2 Å². The predicted octanol–water partition coefficient (Wildman–Crippen LogP) is 0.520. The average molecular weight is 332 g/mol. The van der Waals surface area contributed by atoms with Crippen molar-refractivity contribution in [2.45, 2.75) is 57.9 Å². The van der Waals surface area contributed by atoms with Crippen molar-refractivity contribution < 1.29 is 17.9 Å². The maximum Gasteiger partial charge on any atom is 0.239 e. The van der Waals surface area contributed by atoms with Crippen LogP contribution in [0, 0.1) is 0 Å². The van der Waals surface area contributed by atoms with E-state index in [1.807, 2.05) is 27.7 Å². The van der Waals surface area contributed by atoms with E-state index in [4.69, 9.17) is 4.74 Å². The number of hydrogen-bond donors (Lipinski definition) is 0. The van der Waals surface area contributed by atoms with Crippen molar-refractivity contribution in [3.8, 4) is 0 Å². The van der Waals surface area contributed by atoms with Gasteiger partial charge in [0.05, 0.1) is 29.3 Å². The summed E-state index contributed by atoms with van der Waals surface area (Å²) < 4.78 is 29.1. The van der Waals surface area contributed by atoms with Crippen molar-refractivity contribution in [2.24, 2.45) is 0 Å². The highest BCUT2D eigenvalue weighted by atomic mass is 32.2. The van der Waals surface area contributed by atoms with E-state index in [1.165, 1.54) is 0 Å². The third kappa shape index (κ3) is 4.00. The van der Waals surface area contributed by atoms with Gasteiger partial charge in [0.2, 0.25) is 5.91 Å². The molecule has 0 N–H and O–H groups in total. The van der Waals surface area contributed by atoms with Crippen LogP contribution in [-0.2, 0) is 19.4 Å². The van der Waals surface area contributed by atoms with E-state index < -0.39 is 9.84 Å². The van der Waals surface area contributed by atoms with E-state index in [0.29, 0.717) is 19.5 Å². The van der Waals surface area contributed by atoms with Gasteiger partial charge in [-0.3, -0.25) is 9.69 Å². The first-order chi connectivity index (χ1) is 10.0. The van der Waals surface area contributed by atoms with E-state index in [9.17, 15) is 13.2 Å². The number of nitrogens with zero attached hydrogens (tertiary/aromatic N) is 2. The van der Waals surface area contributed by atoms with E-state index in [-0.39, 0.29) is 41.2 Å². The Morgan fingerprint density at radius 1 is 1.41 bits per heavy atom. The normalized spacial score (nSPS) is 32.6. The molecule has 0 aromatic carbocycles. The van der Waals surface area contributed by atoms with Crippen LogP contribution in [0.4, 0.5) is 0 Å². The van der Waals surface area contributed by atoms with Crippen LogP contribution >= 0.6 is 0 Å². The Hall–Kier alpha value is -0.660. The Morgan fingerprint density at radius 3 is 2.55 bits per heavy atom. The maximum atomic E-state index is 12.7. The zero-order chi connectivity index (χ0) is 16.7. The summed E-state index contributed by atoms with van der Waals surface area (Å²) in [6.45, 7) is 9.38. The molecule has 0 saturated carbocycles. The van der Waals surface area contributed by atoms with Crippen LogP contribution in [0.15, 0.2) is 0 Å².